The van der Waals surface area contributed by atoms with Crippen molar-refractivity contribution in [3.05, 3.63) is 48.0 Å². The maximum atomic E-state index is 12.8. The zero-order chi connectivity index (χ0) is 20.7. The van der Waals surface area contributed by atoms with E-state index in [0.29, 0.717) is 31.5 Å². The van der Waals surface area contributed by atoms with Crippen LogP contribution in [0.5, 0.6) is 0 Å². The van der Waals surface area contributed by atoms with Crippen molar-refractivity contribution >= 4 is 41.8 Å². The summed E-state index contributed by atoms with van der Waals surface area (Å²) in [7, 11) is 0. The molecular formula is C24H31IN4O2. The summed E-state index contributed by atoms with van der Waals surface area (Å²) < 4.78 is 0. The van der Waals surface area contributed by atoms with E-state index in [0.717, 1.165) is 25.3 Å². The Morgan fingerprint density at radius 3 is 2.39 bits per heavy atom. The van der Waals surface area contributed by atoms with Gasteiger partial charge in [-0.05, 0) is 43.6 Å². The first-order valence-electron chi connectivity index (χ1n) is 11.3. The summed E-state index contributed by atoms with van der Waals surface area (Å²) in [6.45, 7) is 3.93. The van der Waals surface area contributed by atoms with Gasteiger partial charge in [0.2, 0.25) is 11.8 Å². The number of guanidine groups is 1. The normalized spacial score (nSPS) is 32.8. The number of aliphatic imine (C=N–C) groups is 1. The number of hydrogen-bond donors (Lipinski definition) is 2. The van der Waals surface area contributed by atoms with E-state index in [9.17, 15) is 9.59 Å². The SMILES string of the molecule is CCNC(=NCCCN1C(=O)C2C3C=CC(C3)C2C1=O)NC1CC1c1ccccc1.I. The Morgan fingerprint density at radius 2 is 1.74 bits per heavy atom. The van der Waals surface area contributed by atoms with Crippen LogP contribution in [0.1, 0.15) is 37.7 Å². The number of halogens is 1. The molecule has 0 aromatic heterocycles. The topological polar surface area (TPSA) is 73.8 Å². The molecule has 7 heteroatoms. The Morgan fingerprint density at radius 1 is 1.06 bits per heavy atom. The Labute approximate surface area is 201 Å². The summed E-state index contributed by atoms with van der Waals surface area (Å²) in [6.07, 6.45) is 7.07. The van der Waals surface area contributed by atoms with Crippen molar-refractivity contribution in [2.45, 2.75) is 38.1 Å². The van der Waals surface area contributed by atoms with E-state index < -0.39 is 0 Å². The zero-order valence-electron chi connectivity index (χ0n) is 17.9. The monoisotopic (exact) mass is 534 g/mol. The van der Waals surface area contributed by atoms with E-state index in [2.05, 4.69) is 59.0 Å². The number of allylic oxidation sites excluding steroid dienone is 2. The van der Waals surface area contributed by atoms with Gasteiger partial charge in [0.25, 0.3) is 0 Å². The predicted octanol–water partition coefficient (Wildman–Crippen LogP) is 2.91. The van der Waals surface area contributed by atoms with Gasteiger partial charge in [0.05, 0.1) is 11.8 Å². The number of rotatable bonds is 7. The van der Waals surface area contributed by atoms with Crippen LogP contribution in [0, 0.1) is 23.7 Å². The lowest BCUT2D eigenvalue weighted by atomic mass is 9.85. The highest BCUT2D eigenvalue weighted by Gasteiger charge is 2.58. The molecule has 1 heterocycles. The van der Waals surface area contributed by atoms with Crippen LogP contribution in [-0.2, 0) is 9.59 Å². The standard InChI is InChI=1S/C24H30N4O2.HI/c1-2-25-24(27-19-14-18(19)15-7-4-3-5-8-15)26-11-6-12-28-22(29)20-16-9-10-17(13-16)21(20)23(28)30;/h3-5,7-10,16-21H,2,6,11-14H2,1H3,(H2,25,26,27);1H. The summed E-state index contributed by atoms with van der Waals surface area (Å²) in [4.78, 5) is 31.7. The number of fused-ring (bicyclic) bond motifs is 5. The fraction of sp³-hybridized carbons (Fsp3) is 0.542. The number of carbonyl (C=O) groups is 2. The van der Waals surface area contributed by atoms with E-state index in [-0.39, 0.29) is 59.5 Å². The molecule has 2 saturated carbocycles. The zero-order valence-corrected chi connectivity index (χ0v) is 20.2. The molecule has 2 bridgehead atoms. The van der Waals surface area contributed by atoms with Crippen LogP contribution in [0.25, 0.3) is 0 Å². The van der Waals surface area contributed by atoms with Crippen LogP contribution in [0.4, 0.5) is 0 Å². The molecule has 2 amide bonds. The number of likely N-dealkylation sites (tertiary alicyclic amines) is 1. The molecule has 3 fully saturated rings. The van der Waals surface area contributed by atoms with Crippen molar-refractivity contribution in [3.8, 4) is 0 Å². The predicted molar refractivity (Wildman–Crippen MR) is 131 cm³/mol. The molecule has 4 aliphatic rings. The number of nitrogens with zero attached hydrogens (tertiary/aromatic N) is 2. The van der Waals surface area contributed by atoms with Gasteiger partial charge in [-0.3, -0.25) is 19.5 Å². The van der Waals surface area contributed by atoms with Crippen molar-refractivity contribution in [2.75, 3.05) is 19.6 Å². The molecule has 166 valence electrons. The summed E-state index contributed by atoms with van der Waals surface area (Å²) in [5.41, 5.74) is 1.37. The van der Waals surface area contributed by atoms with Gasteiger partial charge in [0.1, 0.15) is 0 Å². The van der Waals surface area contributed by atoms with Gasteiger partial charge in [-0.25, -0.2) is 0 Å². The third kappa shape index (κ3) is 4.25. The van der Waals surface area contributed by atoms with Gasteiger partial charge in [-0.2, -0.15) is 0 Å². The molecule has 6 nitrogen and oxygen atoms in total. The van der Waals surface area contributed by atoms with Crippen LogP contribution < -0.4 is 10.6 Å². The van der Waals surface area contributed by atoms with Gasteiger partial charge < -0.3 is 10.6 Å². The molecule has 2 N–H and O–H groups in total. The van der Waals surface area contributed by atoms with Crippen molar-refractivity contribution in [1.82, 2.24) is 15.5 Å². The van der Waals surface area contributed by atoms with Crippen LogP contribution in [-0.4, -0.2) is 48.3 Å². The Kier molecular flexibility index (Phi) is 6.69. The van der Waals surface area contributed by atoms with Crippen molar-refractivity contribution in [2.24, 2.45) is 28.7 Å². The van der Waals surface area contributed by atoms with Crippen molar-refractivity contribution < 1.29 is 9.59 Å². The second-order valence-corrected chi connectivity index (χ2v) is 8.95. The fourth-order valence-corrected chi connectivity index (χ4v) is 5.52. The highest BCUT2D eigenvalue weighted by atomic mass is 127. The third-order valence-corrected chi connectivity index (χ3v) is 7.06. The number of imide groups is 1. The summed E-state index contributed by atoms with van der Waals surface area (Å²) >= 11 is 0. The maximum absolute atomic E-state index is 12.8. The average Bonchev–Trinajstić information content (AvgIpc) is 3.09. The molecule has 1 aliphatic heterocycles. The average molecular weight is 534 g/mol. The minimum atomic E-state index is -0.0974. The first-order chi connectivity index (χ1) is 14.7. The van der Waals surface area contributed by atoms with Gasteiger partial charge in [-0.1, -0.05) is 42.5 Å². The lowest BCUT2D eigenvalue weighted by molar-refractivity contribution is -0.140. The number of amides is 2. The number of hydrogen-bond acceptors (Lipinski definition) is 3. The third-order valence-electron chi connectivity index (χ3n) is 7.06. The molecule has 6 unspecified atom stereocenters. The second-order valence-electron chi connectivity index (χ2n) is 8.95. The number of benzene rings is 1. The molecule has 0 radical (unpaired) electrons. The van der Waals surface area contributed by atoms with E-state index in [1.807, 2.05) is 6.07 Å². The van der Waals surface area contributed by atoms with Gasteiger partial charge >= 0.3 is 0 Å². The number of nitrogens with one attached hydrogen (secondary N) is 2. The first-order valence-corrected chi connectivity index (χ1v) is 11.3. The fourth-order valence-electron chi connectivity index (χ4n) is 5.52. The van der Waals surface area contributed by atoms with E-state index in [1.54, 1.807) is 0 Å². The minimum absolute atomic E-state index is 0. The Balaban J connectivity index is 0.00000231. The lowest BCUT2D eigenvalue weighted by Gasteiger charge is -2.17. The minimum Gasteiger partial charge on any atom is -0.357 e. The Hall–Kier alpha value is -1.90. The quantitative estimate of drug-likeness (QED) is 0.141. The molecule has 5 rings (SSSR count). The van der Waals surface area contributed by atoms with E-state index >= 15 is 0 Å². The molecule has 6 atom stereocenters. The van der Waals surface area contributed by atoms with Gasteiger partial charge in [0.15, 0.2) is 5.96 Å². The highest BCUT2D eigenvalue weighted by molar-refractivity contribution is 14.0. The summed E-state index contributed by atoms with van der Waals surface area (Å²) in [5, 5.41) is 6.83. The molecule has 31 heavy (non-hydrogen) atoms. The number of carbonyl (C=O) groups excluding carboxylic acids is 2. The largest absolute Gasteiger partial charge is 0.357 e. The Bertz CT molecular complexity index is 857. The van der Waals surface area contributed by atoms with Crippen LogP contribution in [0.15, 0.2) is 47.5 Å². The van der Waals surface area contributed by atoms with Crippen molar-refractivity contribution in [1.29, 1.82) is 0 Å². The second kappa shape index (κ2) is 9.30. The molecule has 1 aromatic carbocycles. The molecule has 3 aliphatic carbocycles. The maximum Gasteiger partial charge on any atom is 0.233 e. The smallest absolute Gasteiger partial charge is 0.233 e. The summed E-state index contributed by atoms with van der Waals surface area (Å²) in [5.74, 6) is 1.80. The van der Waals surface area contributed by atoms with E-state index in [4.69, 9.17) is 0 Å². The lowest BCUT2D eigenvalue weighted by Crippen LogP contribution is -2.39. The van der Waals surface area contributed by atoms with Crippen LogP contribution in [0.2, 0.25) is 0 Å². The van der Waals surface area contributed by atoms with Gasteiger partial charge in [-0.15, -0.1) is 24.0 Å². The van der Waals surface area contributed by atoms with Crippen LogP contribution >= 0.6 is 24.0 Å². The molecule has 0 spiro atoms. The summed E-state index contributed by atoms with van der Waals surface area (Å²) in [6, 6.07) is 11.0. The molecule has 1 saturated heterocycles. The molecule has 1 aromatic rings. The van der Waals surface area contributed by atoms with E-state index in [1.165, 1.54) is 10.5 Å². The molecular weight excluding hydrogens is 503 g/mol. The van der Waals surface area contributed by atoms with Crippen LogP contribution in [0.3, 0.4) is 0 Å². The van der Waals surface area contributed by atoms with Gasteiger partial charge in [0, 0.05) is 31.6 Å². The van der Waals surface area contributed by atoms with Crippen molar-refractivity contribution in [3.63, 3.8) is 0 Å². The first kappa shape index (κ1) is 22.3. The highest BCUT2D eigenvalue weighted by Crippen LogP contribution is 2.52.